The number of furan rings is 1. The molecule has 6 heteroatoms. The summed E-state index contributed by atoms with van der Waals surface area (Å²) in [5.41, 5.74) is 0.881. The van der Waals surface area contributed by atoms with Crippen molar-refractivity contribution in [1.82, 2.24) is 15.6 Å². The largest absolute Gasteiger partial charge is 0.462 e. The fourth-order valence-electron chi connectivity index (χ4n) is 2.68. The Morgan fingerprint density at radius 2 is 2.32 bits per heavy atom. The first kappa shape index (κ1) is 15.2. The number of piperidine rings is 1. The number of hydrogen-bond acceptors (Lipinski definition) is 5. The molecule has 1 saturated heterocycles. The first-order chi connectivity index (χ1) is 10.8. The summed E-state index contributed by atoms with van der Waals surface area (Å²) in [6.45, 7) is 2.66. The second kappa shape index (κ2) is 7.56. The Bertz CT molecular complexity index is 588. The van der Waals surface area contributed by atoms with Gasteiger partial charge in [-0.15, -0.1) is 11.3 Å². The van der Waals surface area contributed by atoms with Gasteiger partial charge in [0.1, 0.15) is 0 Å². The molecular formula is C16H21N3O2S. The lowest BCUT2D eigenvalue weighted by Crippen LogP contribution is -2.29. The van der Waals surface area contributed by atoms with Gasteiger partial charge in [0.25, 0.3) is 0 Å². The number of hydrogen-bond donors (Lipinski definition) is 2. The van der Waals surface area contributed by atoms with Crippen LogP contribution in [0.15, 0.2) is 28.2 Å². The van der Waals surface area contributed by atoms with Gasteiger partial charge >= 0.3 is 0 Å². The number of rotatable bonds is 6. The van der Waals surface area contributed by atoms with Crippen LogP contribution in [0.4, 0.5) is 0 Å². The van der Waals surface area contributed by atoms with Crippen LogP contribution in [0.5, 0.6) is 0 Å². The highest BCUT2D eigenvalue weighted by atomic mass is 32.1. The van der Waals surface area contributed by atoms with E-state index in [1.807, 2.05) is 17.5 Å². The van der Waals surface area contributed by atoms with Crippen LogP contribution in [0, 0.1) is 5.92 Å². The van der Waals surface area contributed by atoms with Crippen LogP contribution < -0.4 is 10.6 Å². The van der Waals surface area contributed by atoms with Gasteiger partial charge in [0.2, 0.25) is 5.91 Å². The highest BCUT2D eigenvalue weighted by molar-refractivity contribution is 7.13. The Morgan fingerprint density at radius 3 is 3.09 bits per heavy atom. The van der Waals surface area contributed by atoms with Crippen molar-refractivity contribution in [2.75, 3.05) is 13.1 Å². The minimum Gasteiger partial charge on any atom is -0.462 e. The van der Waals surface area contributed by atoms with E-state index in [2.05, 4.69) is 15.6 Å². The van der Waals surface area contributed by atoms with Gasteiger partial charge in [0.05, 0.1) is 18.5 Å². The molecule has 0 atom stereocenters. The molecule has 0 aliphatic carbocycles. The van der Waals surface area contributed by atoms with Crippen LogP contribution in [0.25, 0.3) is 10.8 Å². The zero-order chi connectivity index (χ0) is 15.2. The van der Waals surface area contributed by atoms with Crippen LogP contribution >= 0.6 is 11.3 Å². The maximum atomic E-state index is 11.9. The summed E-state index contributed by atoms with van der Waals surface area (Å²) in [5.74, 6) is 1.58. The van der Waals surface area contributed by atoms with E-state index in [1.165, 1.54) is 24.2 Å². The second-order valence-corrected chi connectivity index (χ2v) is 6.49. The summed E-state index contributed by atoms with van der Waals surface area (Å²) >= 11 is 1.53. The maximum absolute atomic E-state index is 11.9. The van der Waals surface area contributed by atoms with Gasteiger partial charge in [-0.05, 0) is 50.4 Å². The topological polar surface area (TPSA) is 67.2 Å². The van der Waals surface area contributed by atoms with Crippen LogP contribution in [0.1, 0.15) is 31.4 Å². The quantitative estimate of drug-likeness (QED) is 0.859. The molecule has 1 amide bonds. The third kappa shape index (κ3) is 4.18. The van der Waals surface area contributed by atoms with Gasteiger partial charge in [-0.1, -0.05) is 0 Å². The SMILES string of the molecule is O=C(CCC1CCNCC1)NCc1csc(-c2ccco2)n1. The van der Waals surface area contributed by atoms with E-state index in [-0.39, 0.29) is 5.91 Å². The van der Waals surface area contributed by atoms with Gasteiger partial charge in [-0.25, -0.2) is 4.98 Å². The van der Waals surface area contributed by atoms with E-state index in [0.29, 0.717) is 18.9 Å². The number of nitrogens with zero attached hydrogens (tertiary/aromatic N) is 1. The molecule has 0 bridgehead atoms. The second-order valence-electron chi connectivity index (χ2n) is 5.63. The van der Waals surface area contributed by atoms with Crippen molar-refractivity contribution in [1.29, 1.82) is 0 Å². The molecule has 118 valence electrons. The van der Waals surface area contributed by atoms with Crippen molar-refractivity contribution in [3.8, 4) is 10.8 Å². The molecule has 1 aliphatic heterocycles. The highest BCUT2D eigenvalue weighted by Crippen LogP contribution is 2.23. The first-order valence-electron chi connectivity index (χ1n) is 7.77. The number of aromatic nitrogens is 1. The van der Waals surface area contributed by atoms with Gasteiger partial charge in [0.15, 0.2) is 10.8 Å². The van der Waals surface area contributed by atoms with Crippen molar-refractivity contribution in [3.63, 3.8) is 0 Å². The van der Waals surface area contributed by atoms with Crippen molar-refractivity contribution in [3.05, 3.63) is 29.5 Å². The van der Waals surface area contributed by atoms with E-state index >= 15 is 0 Å². The third-order valence-corrected chi connectivity index (χ3v) is 4.89. The van der Waals surface area contributed by atoms with E-state index in [4.69, 9.17) is 4.42 Å². The van der Waals surface area contributed by atoms with Gasteiger partial charge in [0, 0.05) is 11.8 Å². The summed E-state index contributed by atoms with van der Waals surface area (Å²) in [6, 6.07) is 3.74. The number of carbonyl (C=O) groups excluding carboxylic acids is 1. The Balaban J connectivity index is 1.41. The number of thiazole rings is 1. The average molecular weight is 319 g/mol. The summed E-state index contributed by atoms with van der Waals surface area (Å²) < 4.78 is 5.32. The molecule has 5 nitrogen and oxygen atoms in total. The predicted molar refractivity (Wildman–Crippen MR) is 86.5 cm³/mol. The predicted octanol–water partition coefficient (Wildman–Crippen LogP) is 2.80. The average Bonchev–Trinajstić information content (AvgIpc) is 3.22. The fourth-order valence-corrected chi connectivity index (χ4v) is 3.47. The van der Waals surface area contributed by atoms with Gasteiger partial charge < -0.3 is 15.1 Å². The summed E-state index contributed by atoms with van der Waals surface area (Å²) in [5, 5.41) is 9.12. The van der Waals surface area contributed by atoms with Crippen LogP contribution in [-0.4, -0.2) is 24.0 Å². The Labute approximate surface area is 134 Å². The van der Waals surface area contributed by atoms with Crippen molar-refractivity contribution >= 4 is 17.2 Å². The van der Waals surface area contributed by atoms with Crippen LogP contribution in [0.2, 0.25) is 0 Å². The molecule has 0 spiro atoms. The molecule has 1 aliphatic rings. The highest BCUT2D eigenvalue weighted by Gasteiger charge is 2.14. The minimum absolute atomic E-state index is 0.117. The monoisotopic (exact) mass is 319 g/mol. The molecule has 2 aromatic heterocycles. The van der Waals surface area contributed by atoms with Crippen LogP contribution in [-0.2, 0) is 11.3 Å². The van der Waals surface area contributed by atoms with E-state index in [9.17, 15) is 4.79 Å². The third-order valence-electron chi connectivity index (χ3n) is 3.99. The molecule has 0 saturated carbocycles. The molecule has 3 heterocycles. The molecular weight excluding hydrogens is 298 g/mol. The van der Waals surface area contributed by atoms with Gasteiger partial charge in [-0.2, -0.15) is 0 Å². The molecule has 0 aromatic carbocycles. The van der Waals surface area contributed by atoms with E-state index in [0.717, 1.165) is 36.0 Å². The molecule has 0 unspecified atom stereocenters. The van der Waals surface area contributed by atoms with Crippen molar-refractivity contribution < 1.29 is 9.21 Å². The maximum Gasteiger partial charge on any atom is 0.220 e. The minimum atomic E-state index is 0.117. The Hall–Kier alpha value is -1.66. The standard InChI is InChI=1S/C16H21N3O2S/c20-15(4-3-12-5-7-17-8-6-12)18-10-13-11-22-16(19-13)14-2-1-9-21-14/h1-2,9,11-12,17H,3-8,10H2,(H,18,20). The lowest BCUT2D eigenvalue weighted by atomic mass is 9.93. The molecule has 3 rings (SSSR count). The summed E-state index contributed by atoms with van der Waals surface area (Å²) in [7, 11) is 0. The Kier molecular flexibility index (Phi) is 5.24. The smallest absolute Gasteiger partial charge is 0.220 e. The van der Waals surface area contributed by atoms with Crippen molar-refractivity contribution in [2.45, 2.75) is 32.2 Å². The van der Waals surface area contributed by atoms with E-state index in [1.54, 1.807) is 6.26 Å². The molecule has 1 fully saturated rings. The lowest BCUT2D eigenvalue weighted by molar-refractivity contribution is -0.121. The number of nitrogens with one attached hydrogen (secondary N) is 2. The first-order valence-corrected chi connectivity index (χ1v) is 8.65. The van der Waals surface area contributed by atoms with Crippen molar-refractivity contribution in [2.24, 2.45) is 5.92 Å². The van der Waals surface area contributed by atoms with E-state index < -0.39 is 0 Å². The molecule has 2 N–H and O–H groups in total. The summed E-state index contributed by atoms with van der Waals surface area (Å²) in [4.78, 5) is 16.4. The molecule has 2 aromatic rings. The molecule has 22 heavy (non-hydrogen) atoms. The fraction of sp³-hybridized carbons (Fsp3) is 0.500. The zero-order valence-corrected chi connectivity index (χ0v) is 13.3. The molecule has 0 radical (unpaired) electrons. The Morgan fingerprint density at radius 1 is 1.45 bits per heavy atom. The van der Waals surface area contributed by atoms with Gasteiger partial charge in [-0.3, -0.25) is 4.79 Å². The zero-order valence-electron chi connectivity index (χ0n) is 12.5. The summed E-state index contributed by atoms with van der Waals surface area (Å²) in [6.07, 6.45) is 5.61. The number of amides is 1. The number of carbonyl (C=O) groups is 1. The van der Waals surface area contributed by atoms with Crippen LogP contribution in [0.3, 0.4) is 0 Å². The lowest BCUT2D eigenvalue weighted by Gasteiger charge is -2.22. The normalized spacial score (nSPS) is 15.8.